The molecule has 0 heterocycles. The van der Waals surface area contributed by atoms with E-state index in [0.29, 0.717) is 17.1 Å². The summed E-state index contributed by atoms with van der Waals surface area (Å²) < 4.78 is 5.30. The lowest BCUT2D eigenvalue weighted by atomic mass is 9.99. The zero-order valence-electron chi connectivity index (χ0n) is 18.7. The van der Waals surface area contributed by atoms with E-state index >= 15 is 0 Å². The van der Waals surface area contributed by atoms with Crippen molar-refractivity contribution in [1.82, 2.24) is 5.32 Å². The van der Waals surface area contributed by atoms with Gasteiger partial charge in [0, 0.05) is 11.4 Å². The van der Waals surface area contributed by atoms with E-state index in [-0.39, 0.29) is 12.1 Å². The first-order valence-electron chi connectivity index (χ1n) is 10.9. The Labute approximate surface area is 198 Å². The average Bonchev–Trinajstić information content (AvgIpc) is 2.86. The third-order valence-corrected chi connectivity index (χ3v) is 5.23. The number of carbonyl (C=O) groups is 2. The smallest absolute Gasteiger partial charge is 0.410 e. The summed E-state index contributed by atoms with van der Waals surface area (Å²) in [7, 11) is 0. The van der Waals surface area contributed by atoms with Gasteiger partial charge in [-0.2, -0.15) is 0 Å². The Hall–Kier alpha value is -4.58. The topological polar surface area (TPSA) is 79.5 Å². The van der Waals surface area contributed by atoms with Crippen LogP contribution < -0.4 is 20.7 Å². The minimum atomic E-state index is -0.607. The summed E-state index contributed by atoms with van der Waals surface area (Å²) in [6.07, 6.45) is -0.607. The van der Waals surface area contributed by atoms with Crippen molar-refractivity contribution in [3.05, 3.63) is 126 Å². The highest BCUT2D eigenvalue weighted by Crippen LogP contribution is 2.24. The Kier molecular flexibility index (Phi) is 7.20. The zero-order valence-corrected chi connectivity index (χ0v) is 18.7. The van der Waals surface area contributed by atoms with Gasteiger partial charge in [0.05, 0.1) is 6.04 Å². The van der Waals surface area contributed by atoms with Gasteiger partial charge in [-0.3, -0.25) is 5.32 Å². The maximum Gasteiger partial charge on any atom is 0.417 e. The summed E-state index contributed by atoms with van der Waals surface area (Å²) in [4.78, 5) is 25.2. The molecule has 0 aliphatic rings. The molecule has 4 rings (SSSR count). The summed E-state index contributed by atoms with van der Waals surface area (Å²) in [6, 6.07) is 33.0. The van der Waals surface area contributed by atoms with Crippen LogP contribution in [0.15, 0.2) is 109 Å². The van der Waals surface area contributed by atoms with Crippen LogP contribution in [0.25, 0.3) is 0 Å². The van der Waals surface area contributed by atoms with Crippen molar-refractivity contribution >= 4 is 23.5 Å². The molecule has 0 saturated carbocycles. The Bertz CT molecular complexity index is 1210. The molecule has 0 spiro atoms. The van der Waals surface area contributed by atoms with Crippen LogP contribution >= 0.6 is 0 Å². The van der Waals surface area contributed by atoms with Gasteiger partial charge in [0.1, 0.15) is 5.75 Å². The quantitative estimate of drug-likeness (QED) is 0.312. The molecular formula is C28H25N3O3. The maximum atomic E-state index is 12.9. The summed E-state index contributed by atoms with van der Waals surface area (Å²) in [5, 5.41) is 8.64. The third kappa shape index (κ3) is 6.01. The van der Waals surface area contributed by atoms with Gasteiger partial charge in [0.25, 0.3) is 0 Å². The highest BCUT2D eigenvalue weighted by atomic mass is 16.6. The number of hydrogen-bond acceptors (Lipinski definition) is 3. The van der Waals surface area contributed by atoms with Gasteiger partial charge in [-0.05, 0) is 47.9 Å². The number of aryl methyl sites for hydroxylation is 1. The second-order valence-corrected chi connectivity index (χ2v) is 7.71. The molecule has 170 valence electrons. The molecule has 6 heteroatoms. The van der Waals surface area contributed by atoms with Crippen molar-refractivity contribution in [2.75, 3.05) is 10.6 Å². The molecule has 0 atom stereocenters. The van der Waals surface area contributed by atoms with Crippen molar-refractivity contribution in [1.29, 1.82) is 0 Å². The Morgan fingerprint density at radius 3 is 1.85 bits per heavy atom. The Morgan fingerprint density at radius 2 is 1.26 bits per heavy atom. The lowest BCUT2D eigenvalue weighted by Gasteiger charge is -2.20. The predicted molar refractivity (Wildman–Crippen MR) is 134 cm³/mol. The summed E-state index contributed by atoms with van der Waals surface area (Å²) in [6.45, 7) is 1.86. The molecule has 0 aliphatic carbocycles. The van der Waals surface area contributed by atoms with Gasteiger partial charge in [-0.25, -0.2) is 9.59 Å². The average molecular weight is 452 g/mol. The largest absolute Gasteiger partial charge is 0.417 e. The number of nitrogens with one attached hydrogen (secondary N) is 3. The molecule has 4 aromatic carbocycles. The van der Waals surface area contributed by atoms with E-state index in [2.05, 4.69) is 16.0 Å². The van der Waals surface area contributed by atoms with Gasteiger partial charge in [-0.1, -0.05) is 84.9 Å². The summed E-state index contributed by atoms with van der Waals surface area (Å²) in [5.41, 5.74) is 3.86. The fourth-order valence-corrected chi connectivity index (χ4v) is 3.51. The van der Waals surface area contributed by atoms with Gasteiger partial charge in [-0.15, -0.1) is 0 Å². The van der Waals surface area contributed by atoms with E-state index in [4.69, 9.17) is 4.74 Å². The molecule has 0 aliphatic heterocycles. The van der Waals surface area contributed by atoms with Gasteiger partial charge < -0.3 is 15.4 Å². The van der Waals surface area contributed by atoms with Gasteiger partial charge >= 0.3 is 12.1 Å². The van der Waals surface area contributed by atoms with Gasteiger partial charge in [0.15, 0.2) is 0 Å². The highest BCUT2D eigenvalue weighted by Gasteiger charge is 2.17. The molecule has 4 aromatic rings. The monoisotopic (exact) mass is 451 g/mol. The number of para-hydroxylation sites is 1. The lowest BCUT2D eigenvalue weighted by Crippen LogP contribution is -2.33. The van der Waals surface area contributed by atoms with Crippen molar-refractivity contribution in [2.24, 2.45) is 0 Å². The number of ether oxygens (including phenoxy) is 1. The number of anilines is 2. The SMILES string of the molecule is Cc1ccc(NC(=O)NC(c2ccccc2)c2ccccc2)cc1NC(=O)Oc1ccccc1. The molecule has 34 heavy (non-hydrogen) atoms. The van der Waals surface area contributed by atoms with E-state index in [9.17, 15) is 9.59 Å². The maximum absolute atomic E-state index is 12.9. The molecule has 0 bridgehead atoms. The van der Waals surface area contributed by atoms with E-state index in [1.165, 1.54) is 0 Å². The van der Waals surface area contributed by atoms with Crippen LogP contribution in [-0.4, -0.2) is 12.1 Å². The van der Waals surface area contributed by atoms with Crippen LogP contribution in [0, 0.1) is 6.92 Å². The van der Waals surface area contributed by atoms with E-state index in [1.54, 1.807) is 36.4 Å². The van der Waals surface area contributed by atoms with Crippen molar-refractivity contribution < 1.29 is 14.3 Å². The number of hydrogen-bond donors (Lipinski definition) is 3. The minimum Gasteiger partial charge on any atom is -0.410 e. The first-order valence-corrected chi connectivity index (χ1v) is 10.9. The zero-order chi connectivity index (χ0) is 23.8. The minimum absolute atomic E-state index is 0.314. The van der Waals surface area contributed by atoms with Crippen LogP contribution in [0.3, 0.4) is 0 Å². The van der Waals surface area contributed by atoms with Crippen molar-refractivity contribution in [3.63, 3.8) is 0 Å². The number of carbonyl (C=O) groups excluding carboxylic acids is 2. The molecule has 3 amide bonds. The highest BCUT2D eigenvalue weighted by molar-refractivity contribution is 5.92. The molecular weight excluding hydrogens is 426 g/mol. The van der Waals surface area contributed by atoms with Crippen LogP contribution in [0.4, 0.5) is 21.0 Å². The standard InChI is InChI=1S/C28H25N3O3/c1-20-17-18-23(19-25(20)30-28(33)34-24-15-9-4-10-16-24)29-27(32)31-26(21-11-5-2-6-12-21)22-13-7-3-8-14-22/h2-19,26H,1H3,(H,30,33)(H2,29,31,32). The molecule has 3 N–H and O–H groups in total. The lowest BCUT2D eigenvalue weighted by molar-refractivity contribution is 0.215. The molecule has 0 radical (unpaired) electrons. The summed E-state index contributed by atoms with van der Waals surface area (Å²) >= 11 is 0. The van der Waals surface area contributed by atoms with Gasteiger partial charge in [0.2, 0.25) is 0 Å². The van der Waals surface area contributed by atoms with Crippen molar-refractivity contribution in [2.45, 2.75) is 13.0 Å². The number of urea groups is 1. The Balaban J connectivity index is 1.45. The van der Waals surface area contributed by atoms with E-state index < -0.39 is 6.09 Å². The predicted octanol–water partition coefficient (Wildman–Crippen LogP) is 6.52. The summed E-state index contributed by atoms with van der Waals surface area (Å²) in [5.74, 6) is 0.444. The third-order valence-electron chi connectivity index (χ3n) is 5.23. The van der Waals surface area contributed by atoms with E-state index in [1.807, 2.05) is 79.7 Å². The second kappa shape index (κ2) is 10.8. The fourth-order valence-electron chi connectivity index (χ4n) is 3.51. The first-order chi connectivity index (χ1) is 16.6. The van der Waals surface area contributed by atoms with Crippen LogP contribution in [-0.2, 0) is 0 Å². The molecule has 6 nitrogen and oxygen atoms in total. The van der Waals surface area contributed by atoms with Crippen molar-refractivity contribution in [3.8, 4) is 5.75 Å². The molecule has 0 fully saturated rings. The first kappa shape index (κ1) is 22.6. The van der Waals surface area contributed by atoms with Crippen LogP contribution in [0.1, 0.15) is 22.7 Å². The molecule has 0 aromatic heterocycles. The normalized spacial score (nSPS) is 10.4. The Morgan fingerprint density at radius 1 is 0.706 bits per heavy atom. The molecule has 0 saturated heterocycles. The van der Waals surface area contributed by atoms with Crippen LogP contribution in [0.5, 0.6) is 5.75 Å². The second-order valence-electron chi connectivity index (χ2n) is 7.71. The van der Waals surface area contributed by atoms with Crippen LogP contribution in [0.2, 0.25) is 0 Å². The fraction of sp³-hybridized carbons (Fsp3) is 0.0714. The number of benzene rings is 4. The number of amides is 3. The van der Waals surface area contributed by atoms with E-state index in [0.717, 1.165) is 16.7 Å². The number of rotatable bonds is 6. The molecule has 0 unspecified atom stereocenters.